The molecule has 1 spiro atoms. The average Bonchev–Trinajstić information content (AvgIpc) is 3.44. The summed E-state index contributed by atoms with van der Waals surface area (Å²) in [6.45, 7) is 0. The summed E-state index contributed by atoms with van der Waals surface area (Å²) in [5, 5.41) is 0. The Kier molecular flexibility index (Phi) is 6.47. The predicted octanol–water partition coefficient (Wildman–Crippen LogP) is 12.8. The molecule has 0 aliphatic heterocycles. The number of nitrogens with zero attached hydrogens (tertiary/aromatic N) is 1. The molecule has 0 bridgehead atoms. The summed E-state index contributed by atoms with van der Waals surface area (Å²) in [5.41, 5.74) is 18.2. The lowest BCUT2D eigenvalue weighted by atomic mass is 9.66. The fraction of sp³-hybridized carbons (Fsp3) is 0.0204. The molecule has 0 atom stereocenters. The Labute approximate surface area is 293 Å². The number of hydrogen-bond acceptors (Lipinski definition) is 1. The van der Waals surface area contributed by atoms with Crippen LogP contribution in [-0.2, 0) is 5.41 Å². The molecule has 0 unspecified atom stereocenters. The molecule has 1 heteroatoms. The third-order valence-electron chi connectivity index (χ3n) is 10.7. The Morgan fingerprint density at radius 2 is 0.640 bits per heavy atom. The normalized spacial score (nSPS) is 13.0. The first kappa shape index (κ1) is 28.6. The van der Waals surface area contributed by atoms with Crippen LogP contribution < -0.4 is 4.90 Å². The Morgan fingerprint density at radius 3 is 1.20 bits per heavy atom. The van der Waals surface area contributed by atoms with Crippen LogP contribution in [0.3, 0.4) is 0 Å². The van der Waals surface area contributed by atoms with Crippen molar-refractivity contribution in [2.75, 3.05) is 4.90 Å². The van der Waals surface area contributed by atoms with Gasteiger partial charge in [0.15, 0.2) is 0 Å². The van der Waals surface area contributed by atoms with Gasteiger partial charge in [-0.25, -0.2) is 0 Å². The van der Waals surface area contributed by atoms with Gasteiger partial charge >= 0.3 is 0 Å². The zero-order chi connectivity index (χ0) is 33.1. The molecule has 234 valence electrons. The number of hydrogen-bond donors (Lipinski definition) is 0. The fourth-order valence-electron chi connectivity index (χ4n) is 8.63. The maximum atomic E-state index is 2.48. The lowest BCUT2D eigenvalue weighted by Gasteiger charge is -2.36. The van der Waals surface area contributed by atoms with Gasteiger partial charge in [0.2, 0.25) is 0 Å². The minimum Gasteiger partial charge on any atom is -0.310 e. The molecule has 0 N–H and O–H groups in total. The van der Waals surface area contributed by atoms with Gasteiger partial charge in [0, 0.05) is 17.1 Å². The first-order valence-corrected chi connectivity index (χ1v) is 17.4. The zero-order valence-electron chi connectivity index (χ0n) is 27.5. The molecule has 0 saturated carbocycles. The second kappa shape index (κ2) is 11.3. The maximum Gasteiger partial charge on any atom is 0.0726 e. The van der Waals surface area contributed by atoms with E-state index in [2.05, 4.69) is 205 Å². The molecule has 10 rings (SSSR count). The van der Waals surface area contributed by atoms with Crippen LogP contribution in [0.2, 0.25) is 0 Å². The lowest BCUT2D eigenvalue weighted by Crippen LogP contribution is -2.29. The topological polar surface area (TPSA) is 3.24 Å². The molecule has 8 aromatic rings. The molecule has 0 amide bonds. The Morgan fingerprint density at radius 1 is 0.260 bits per heavy atom. The van der Waals surface area contributed by atoms with Crippen LogP contribution in [0, 0.1) is 0 Å². The van der Waals surface area contributed by atoms with E-state index in [0.717, 1.165) is 17.1 Å². The third-order valence-corrected chi connectivity index (χ3v) is 10.7. The van der Waals surface area contributed by atoms with Crippen molar-refractivity contribution in [2.24, 2.45) is 0 Å². The zero-order valence-corrected chi connectivity index (χ0v) is 27.5. The van der Waals surface area contributed by atoms with E-state index in [4.69, 9.17) is 0 Å². The summed E-state index contributed by atoms with van der Waals surface area (Å²) in [5.74, 6) is 0. The largest absolute Gasteiger partial charge is 0.310 e. The minimum atomic E-state index is -0.520. The summed E-state index contributed by atoms with van der Waals surface area (Å²) in [7, 11) is 0. The van der Waals surface area contributed by atoms with E-state index < -0.39 is 5.41 Å². The van der Waals surface area contributed by atoms with Gasteiger partial charge in [-0.1, -0.05) is 164 Å². The summed E-state index contributed by atoms with van der Waals surface area (Å²) < 4.78 is 0. The van der Waals surface area contributed by atoms with E-state index in [1.165, 1.54) is 66.8 Å². The van der Waals surface area contributed by atoms with Gasteiger partial charge in [-0.2, -0.15) is 0 Å². The Bertz CT molecular complexity index is 2480. The number of rotatable bonds is 4. The van der Waals surface area contributed by atoms with Crippen molar-refractivity contribution in [1.29, 1.82) is 0 Å². The SMILES string of the molecule is c1ccc(-c2ccc(N(c3ccccc3)c3ccc4c(c3)C3(c5ccccc5-c5ccccc5-4)c4ccccc4-c4ccccc43)cc2)cc1. The highest BCUT2D eigenvalue weighted by molar-refractivity contribution is 5.98. The van der Waals surface area contributed by atoms with Crippen LogP contribution in [0.5, 0.6) is 0 Å². The number of anilines is 3. The second-order valence-electron chi connectivity index (χ2n) is 13.2. The van der Waals surface area contributed by atoms with Crippen molar-refractivity contribution >= 4 is 17.1 Å². The second-order valence-corrected chi connectivity index (χ2v) is 13.2. The van der Waals surface area contributed by atoms with Gasteiger partial charge in [-0.15, -0.1) is 0 Å². The van der Waals surface area contributed by atoms with Crippen LogP contribution in [0.4, 0.5) is 17.1 Å². The minimum absolute atomic E-state index is 0.520. The van der Waals surface area contributed by atoms with Crippen LogP contribution >= 0.6 is 0 Å². The quantitative estimate of drug-likeness (QED) is 0.186. The van der Waals surface area contributed by atoms with Gasteiger partial charge in [0.1, 0.15) is 0 Å². The molecule has 1 nitrogen and oxygen atoms in total. The average molecular weight is 636 g/mol. The number of benzene rings is 8. The molecule has 0 radical (unpaired) electrons. The summed E-state index contributed by atoms with van der Waals surface area (Å²) in [6.07, 6.45) is 0. The van der Waals surface area contributed by atoms with Crippen molar-refractivity contribution in [3.05, 3.63) is 222 Å². The van der Waals surface area contributed by atoms with E-state index in [-0.39, 0.29) is 0 Å². The van der Waals surface area contributed by atoms with Crippen LogP contribution in [0.15, 0.2) is 200 Å². The maximum absolute atomic E-state index is 2.48. The molecule has 0 saturated heterocycles. The number of fused-ring (bicyclic) bond motifs is 12. The van der Waals surface area contributed by atoms with E-state index in [1.54, 1.807) is 0 Å². The third kappa shape index (κ3) is 4.14. The smallest absolute Gasteiger partial charge is 0.0726 e. The van der Waals surface area contributed by atoms with Gasteiger partial charge in [-0.05, 0) is 103 Å². The van der Waals surface area contributed by atoms with Gasteiger partial charge < -0.3 is 4.90 Å². The summed E-state index contributed by atoms with van der Waals surface area (Å²) in [6, 6.07) is 73.6. The molecular formula is C49H33N. The lowest BCUT2D eigenvalue weighted by molar-refractivity contribution is 0.775. The van der Waals surface area contributed by atoms with Gasteiger partial charge in [-0.3, -0.25) is 0 Å². The van der Waals surface area contributed by atoms with Gasteiger partial charge in [0.05, 0.1) is 5.41 Å². The summed E-state index contributed by atoms with van der Waals surface area (Å²) >= 11 is 0. The van der Waals surface area contributed by atoms with E-state index in [1.807, 2.05) is 0 Å². The predicted molar refractivity (Wildman–Crippen MR) is 208 cm³/mol. The molecule has 0 heterocycles. The number of para-hydroxylation sites is 1. The summed E-state index contributed by atoms with van der Waals surface area (Å²) in [4.78, 5) is 2.40. The first-order valence-electron chi connectivity index (χ1n) is 17.4. The molecule has 0 aromatic heterocycles. The van der Waals surface area contributed by atoms with E-state index in [9.17, 15) is 0 Å². The monoisotopic (exact) mass is 635 g/mol. The molecular weight excluding hydrogens is 603 g/mol. The van der Waals surface area contributed by atoms with E-state index >= 15 is 0 Å². The molecule has 2 aliphatic carbocycles. The molecule has 50 heavy (non-hydrogen) atoms. The van der Waals surface area contributed by atoms with Crippen molar-refractivity contribution < 1.29 is 0 Å². The van der Waals surface area contributed by atoms with Crippen molar-refractivity contribution in [3.8, 4) is 44.5 Å². The highest BCUT2D eigenvalue weighted by atomic mass is 15.1. The van der Waals surface area contributed by atoms with Crippen molar-refractivity contribution in [2.45, 2.75) is 5.41 Å². The molecule has 0 fully saturated rings. The van der Waals surface area contributed by atoms with Crippen LogP contribution in [0.25, 0.3) is 44.5 Å². The van der Waals surface area contributed by atoms with Crippen molar-refractivity contribution in [3.63, 3.8) is 0 Å². The standard InChI is InChI=1S/C49H33N/c1-3-15-34(16-4-1)35-27-29-37(30-28-35)50(36-17-5-2-6-18-36)38-31-32-44-40-20-8-7-19-39(40)41-21-9-12-24-45(41)49(48(44)33-38)46-25-13-10-22-42(46)43-23-11-14-26-47(43)49/h1-33H. The molecule has 8 aromatic carbocycles. The van der Waals surface area contributed by atoms with Crippen LogP contribution in [-0.4, -0.2) is 0 Å². The van der Waals surface area contributed by atoms with E-state index in [0.29, 0.717) is 0 Å². The Balaban J connectivity index is 1.28. The highest BCUT2D eigenvalue weighted by Crippen LogP contribution is 2.61. The van der Waals surface area contributed by atoms with Crippen LogP contribution in [0.1, 0.15) is 22.3 Å². The Hall–Kier alpha value is -6.44. The highest BCUT2D eigenvalue weighted by Gasteiger charge is 2.49. The molecule has 2 aliphatic rings. The van der Waals surface area contributed by atoms with Gasteiger partial charge in [0.25, 0.3) is 0 Å². The van der Waals surface area contributed by atoms with Crippen molar-refractivity contribution in [1.82, 2.24) is 0 Å². The fourth-order valence-corrected chi connectivity index (χ4v) is 8.63. The first-order chi connectivity index (χ1) is 24.8.